The summed E-state index contributed by atoms with van der Waals surface area (Å²) in [6.45, 7) is 3.95. The molecule has 1 aromatic rings. The highest BCUT2D eigenvalue weighted by molar-refractivity contribution is 5.74. The SMILES string of the molecule is CCC1CCCCN1C(=O)NCCOc1cccc(OC)c1. The summed E-state index contributed by atoms with van der Waals surface area (Å²) in [5.74, 6) is 1.51. The molecule has 22 heavy (non-hydrogen) atoms. The number of piperidine rings is 1. The number of urea groups is 1. The Morgan fingerprint density at radius 2 is 2.18 bits per heavy atom. The van der Waals surface area contributed by atoms with Gasteiger partial charge >= 0.3 is 6.03 Å². The minimum atomic E-state index is 0.0285. The van der Waals surface area contributed by atoms with E-state index in [9.17, 15) is 4.79 Å². The zero-order chi connectivity index (χ0) is 15.8. The van der Waals surface area contributed by atoms with Crippen LogP contribution in [0.3, 0.4) is 0 Å². The molecule has 122 valence electrons. The number of rotatable bonds is 6. The van der Waals surface area contributed by atoms with Gasteiger partial charge in [-0.1, -0.05) is 13.0 Å². The smallest absolute Gasteiger partial charge is 0.317 e. The highest BCUT2D eigenvalue weighted by Crippen LogP contribution is 2.20. The molecule has 0 aliphatic carbocycles. The third kappa shape index (κ3) is 4.55. The molecule has 1 fully saturated rings. The Bertz CT molecular complexity index is 479. The molecular formula is C17H26N2O3. The Morgan fingerprint density at radius 1 is 1.36 bits per heavy atom. The number of likely N-dealkylation sites (tertiary alicyclic amines) is 1. The van der Waals surface area contributed by atoms with Gasteiger partial charge in [0.15, 0.2) is 0 Å². The second-order valence-electron chi connectivity index (χ2n) is 5.51. The fourth-order valence-electron chi connectivity index (χ4n) is 2.81. The number of carbonyl (C=O) groups excluding carboxylic acids is 1. The summed E-state index contributed by atoms with van der Waals surface area (Å²) in [5.41, 5.74) is 0. The minimum absolute atomic E-state index is 0.0285. The maximum atomic E-state index is 12.2. The van der Waals surface area contributed by atoms with Gasteiger partial charge in [-0.2, -0.15) is 0 Å². The van der Waals surface area contributed by atoms with E-state index in [0.29, 0.717) is 19.2 Å². The molecular weight excluding hydrogens is 280 g/mol. The topological polar surface area (TPSA) is 50.8 Å². The molecule has 1 saturated heterocycles. The highest BCUT2D eigenvalue weighted by Gasteiger charge is 2.24. The van der Waals surface area contributed by atoms with E-state index in [1.807, 2.05) is 29.2 Å². The first kappa shape index (κ1) is 16.5. The average Bonchev–Trinajstić information content (AvgIpc) is 2.58. The van der Waals surface area contributed by atoms with Gasteiger partial charge in [0.1, 0.15) is 18.1 Å². The lowest BCUT2D eigenvalue weighted by Crippen LogP contribution is -2.49. The molecule has 1 N–H and O–H groups in total. The average molecular weight is 306 g/mol. The van der Waals surface area contributed by atoms with E-state index in [1.54, 1.807) is 7.11 Å². The van der Waals surface area contributed by atoms with Crippen LogP contribution in [0.4, 0.5) is 4.79 Å². The van der Waals surface area contributed by atoms with Crippen LogP contribution in [0.5, 0.6) is 11.5 Å². The fraction of sp³-hybridized carbons (Fsp3) is 0.588. The largest absolute Gasteiger partial charge is 0.497 e. The Hall–Kier alpha value is -1.91. The Kier molecular flexibility index (Phi) is 6.37. The number of nitrogens with zero attached hydrogens (tertiary/aromatic N) is 1. The van der Waals surface area contributed by atoms with Gasteiger partial charge in [-0.3, -0.25) is 0 Å². The lowest BCUT2D eigenvalue weighted by molar-refractivity contribution is 0.147. The van der Waals surface area contributed by atoms with Crippen LogP contribution < -0.4 is 14.8 Å². The number of amides is 2. The van der Waals surface area contributed by atoms with Gasteiger partial charge in [0.2, 0.25) is 0 Å². The molecule has 0 spiro atoms. The first-order chi connectivity index (χ1) is 10.7. The van der Waals surface area contributed by atoms with Crippen LogP contribution in [0, 0.1) is 0 Å². The summed E-state index contributed by atoms with van der Waals surface area (Å²) in [4.78, 5) is 14.2. The summed E-state index contributed by atoms with van der Waals surface area (Å²) in [6.07, 6.45) is 4.46. The maximum absolute atomic E-state index is 12.2. The van der Waals surface area contributed by atoms with Gasteiger partial charge in [-0.15, -0.1) is 0 Å². The summed E-state index contributed by atoms with van der Waals surface area (Å²) in [6, 6.07) is 7.87. The van der Waals surface area contributed by atoms with E-state index in [4.69, 9.17) is 9.47 Å². The molecule has 1 unspecified atom stereocenters. The van der Waals surface area contributed by atoms with E-state index in [1.165, 1.54) is 6.42 Å². The zero-order valence-electron chi connectivity index (χ0n) is 13.5. The van der Waals surface area contributed by atoms with E-state index in [0.717, 1.165) is 37.3 Å². The predicted octanol–water partition coefficient (Wildman–Crippen LogP) is 3.05. The molecule has 1 aliphatic rings. The van der Waals surface area contributed by atoms with E-state index in [2.05, 4.69) is 12.2 Å². The molecule has 2 rings (SSSR count). The molecule has 1 atom stereocenters. The number of methoxy groups -OCH3 is 1. The van der Waals surface area contributed by atoms with Gasteiger partial charge in [-0.05, 0) is 37.8 Å². The predicted molar refractivity (Wildman–Crippen MR) is 86.5 cm³/mol. The van der Waals surface area contributed by atoms with Crippen molar-refractivity contribution in [3.63, 3.8) is 0 Å². The fourth-order valence-corrected chi connectivity index (χ4v) is 2.81. The number of ether oxygens (including phenoxy) is 2. The number of hydrogen-bond donors (Lipinski definition) is 1. The molecule has 5 nitrogen and oxygen atoms in total. The van der Waals surface area contributed by atoms with Crippen LogP contribution in [0.1, 0.15) is 32.6 Å². The first-order valence-electron chi connectivity index (χ1n) is 8.06. The van der Waals surface area contributed by atoms with Crippen LogP contribution in [0.25, 0.3) is 0 Å². The van der Waals surface area contributed by atoms with Crippen LogP contribution in [0.15, 0.2) is 24.3 Å². The van der Waals surface area contributed by atoms with Gasteiger partial charge in [0, 0.05) is 18.7 Å². The normalized spacial score (nSPS) is 17.9. The quantitative estimate of drug-likeness (QED) is 0.822. The van der Waals surface area contributed by atoms with Crippen molar-refractivity contribution < 1.29 is 14.3 Å². The van der Waals surface area contributed by atoms with Crippen LogP contribution >= 0.6 is 0 Å². The van der Waals surface area contributed by atoms with Crippen LogP contribution in [-0.2, 0) is 0 Å². The molecule has 2 amide bonds. The van der Waals surface area contributed by atoms with Crippen molar-refractivity contribution in [3.05, 3.63) is 24.3 Å². The molecule has 1 aliphatic heterocycles. The summed E-state index contributed by atoms with van der Waals surface area (Å²) in [5, 5.41) is 2.95. The van der Waals surface area contributed by atoms with E-state index < -0.39 is 0 Å². The third-order valence-electron chi connectivity index (χ3n) is 4.05. The highest BCUT2D eigenvalue weighted by atomic mass is 16.5. The Balaban J connectivity index is 1.72. The molecule has 5 heteroatoms. The lowest BCUT2D eigenvalue weighted by atomic mass is 10.0. The molecule has 1 aromatic carbocycles. The van der Waals surface area contributed by atoms with E-state index in [-0.39, 0.29) is 6.03 Å². The molecule has 0 bridgehead atoms. The number of benzene rings is 1. The summed E-state index contributed by atoms with van der Waals surface area (Å²) in [7, 11) is 1.63. The van der Waals surface area contributed by atoms with Gasteiger partial charge in [0.25, 0.3) is 0 Å². The lowest BCUT2D eigenvalue weighted by Gasteiger charge is -2.35. The zero-order valence-corrected chi connectivity index (χ0v) is 13.5. The van der Waals surface area contributed by atoms with Crippen molar-refractivity contribution in [2.24, 2.45) is 0 Å². The first-order valence-corrected chi connectivity index (χ1v) is 8.06. The van der Waals surface area contributed by atoms with Crippen LogP contribution in [0.2, 0.25) is 0 Å². The maximum Gasteiger partial charge on any atom is 0.317 e. The Morgan fingerprint density at radius 3 is 2.95 bits per heavy atom. The van der Waals surface area contributed by atoms with Crippen molar-refractivity contribution in [3.8, 4) is 11.5 Å². The van der Waals surface area contributed by atoms with Gasteiger partial charge in [0.05, 0.1) is 13.7 Å². The number of carbonyl (C=O) groups is 1. The number of hydrogen-bond acceptors (Lipinski definition) is 3. The van der Waals surface area contributed by atoms with Crippen molar-refractivity contribution in [1.82, 2.24) is 10.2 Å². The van der Waals surface area contributed by atoms with Crippen LogP contribution in [-0.4, -0.2) is 43.8 Å². The monoisotopic (exact) mass is 306 g/mol. The van der Waals surface area contributed by atoms with Gasteiger partial charge in [-0.25, -0.2) is 4.79 Å². The third-order valence-corrected chi connectivity index (χ3v) is 4.05. The summed E-state index contributed by atoms with van der Waals surface area (Å²) >= 11 is 0. The molecule has 0 radical (unpaired) electrons. The second-order valence-corrected chi connectivity index (χ2v) is 5.51. The number of nitrogens with one attached hydrogen (secondary N) is 1. The van der Waals surface area contributed by atoms with Gasteiger partial charge < -0.3 is 19.7 Å². The second kappa shape index (κ2) is 8.51. The summed E-state index contributed by atoms with van der Waals surface area (Å²) < 4.78 is 10.8. The molecule has 0 saturated carbocycles. The van der Waals surface area contributed by atoms with E-state index >= 15 is 0 Å². The van der Waals surface area contributed by atoms with Crippen molar-refractivity contribution in [2.75, 3.05) is 26.8 Å². The molecule has 0 aromatic heterocycles. The molecule has 1 heterocycles. The standard InChI is InChI=1S/C17H26N2O3/c1-3-14-7-4-5-11-19(14)17(20)18-10-12-22-16-9-6-8-15(13-16)21-2/h6,8-9,13-14H,3-5,7,10-12H2,1-2H3,(H,18,20). The van der Waals surface area contributed by atoms with Crippen molar-refractivity contribution >= 4 is 6.03 Å². The minimum Gasteiger partial charge on any atom is -0.497 e. The van der Waals surface area contributed by atoms with Crippen molar-refractivity contribution in [1.29, 1.82) is 0 Å². The van der Waals surface area contributed by atoms with Crippen molar-refractivity contribution in [2.45, 2.75) is 38.6 Å². The Labute approximate surface area is 132 Å².